The number of fused-ring (bicyclic) bond motifs is 6. The number of halogens is 2. The minimum Gasteiger partial charge on any atom is -1.00 e. The molecule has 0 aliphatic heterocycles. The Hall–Kier alpha value is -7.42. The second-order valence-corrected chi connectivity index (χ2v) is 32.4. The van der Waals surface area contributed by atoms with Gasteiger partial charge in [-0.1, -0.05) is 329 Å². The summed E-state index contributed by atoms with van der Waals surface area (Å²) in [6.07, 6.45) is 4.30. The zero-order chi connectivity index (χ0) is 57.7. The molecule has 0 radical (unpaired) electrons. The maximum absolute atomic E-state index is 2.45. The Kier molecular flexibility index (Phi) is 20.0. The maximum atomic E-state index is 2.45. The molecule has 0 saturated carbocycles. The molecule has 424 valence electrons. The minimum atomic E-state index is 0. The Balaban J connectivity index is 0.000000176. The number of aryl methyl sites for hydroxylation is 2. The fraction of sp³-hybridized carbons (Fsp3) is 0.146. The van der Waals surface area contributed by atoms with Crippen LogP contribution in [0.1, 0.15) is 71.9 Å². The fourth-order valence-electron chi connectivity index (χ4n) is 13.4. The van der Waals surface area contributed by atoms with Crippen LogP contribution in [-0.4, -0.2) is 5.43 Å². The first-order chi connectivity index (χ1) is 41.2. The molecule has 2 unspecified atom stereocenters. The molecule has 0 nitrogen and oxygen atoms in total. The third kappa shape index (κ3) is 12.6. The molecular formula is C82H72Cl2SiZr-2. The van der Waals surface area contributed by atoms with E-state index >= 15 is 0 Å². The molecule has 0 aliphatic rings. The summed E-state index contributed by atoms with van der Waals surface area (Å²) in [6, 6.07) is 98.4. The average molecular weight is 1250 g/mol. The fourth-order valence-corrected chi connectivity index (χ4v) is 13.4. The Morgan fingerprint density at radius 2 is 0.581 bits per heavy atom. The van der Waals surface area contributed by atoms with E-state index in [0.29, 0.717) is 11.8 Å². The van der Waals surface area contributed by atoms with Crippen LogP contribution in [0.25, 0.3) is 109 Å². The molecule has 0 heterocycles. The van der Waals surface area contributed by atoms with Crippen molar-refractivity contribution in [2.45, 2.75) is 78.3 Å². The molecular weight excluding hydrogens is 1180 g/mol. The molecule has 0 saturated heterocycles. The van der Waals surface area contributed by atoms with Crippen LogP contribution in [0.3, 0.4) is 0 Å². The van der Waals surface area contributed by atoms with Crippen LogP contribution < -0.4 is 24.8 Å². The van der Waals surface area contributed by atoms with Gasteiger partial charge in [-0.15, -0.1) is 55.9 Å². The van der Waals surface area contributed by atoms with Gasteiger partial charge in [0.1, 0.15) is 0 Å². The second-order valence-electron chi connectivity index (χ2n) is 23.1. The molecule has 0 N–H and O–H groups in total. The molecule has 14 rings (SSSR count). The molecule has 0 fully saturated rings. The largest absolute Gasteiger partial charge is 1.00 e. The molecule has 0 aliphatic carbocycles. The van der Waals surface area contributed by atoms with Crippen LogP contribution in [-0.2, 0) is 36.2 Å². The van der Waals surface area contributed by atoms with E-state index in [1.54, 1.807) is 23.3 Å². The quantitative estimate of drug-likeness (QED) is 0.0845. The minimum absolute atomic E-state index is 0. The van der Waals surface area contributed by atoms with Crippen LogP contribution in [0.2, 0.25) is 13.1 Å². The van der Waals surface area contributed by atoms with Gasteiger partial charge >= 0.3 is 41.9 Å². The van der Waals surface area contributed by atoms with Gasteiger partial charge in [-0.2, -0.15) is 0 Å². The zero-order valence-electron chi connectivity index (χ0n) is 50.1. The third-order valence-electron chi connectivity index (χ3n) is 17.5. The van der Waals surface area contributed by atoms with Crippen LogP contribution in [0.15, 0.2) is 267 Å². The van der Waals surface area contributed by atoms with Gasteiger partial charge in [0.05, 0.1) is 0 Å². The SMILES string of the molecule is CCC(Cc1c(C)[cH-]c2c(-c3cccc4ccccc34)ccc(-c3cccc4ccccc34)c12)c1ccccc1.CCC(Cc1c(C)[cH-]c2c(-c3cccc4ccccc34)ccc(-c3cccc4ccccc34)c12)c1ccccc1.C[Si](C)=[Zr+2].[Cl-].[Cl-]. The van der Waals surface area contributed by atoms with Gasteiger partial charge in [0.25, 0.3) is 0 Å². The van der Waals surface area contributed by atoms with E-state index in [1.807, 2.05) is 0 Å². The monoisotopic (exact) mass is 1240 g/mol. The van der Waals surface area contributed by atoms with Crippen LogP contribution >= 0.6 is 0 Å². The summed E-state index contributed by atoms with van der Waals surface area (Å²) in [7, 11) is 0. The first-order valence-electron chi connectivity index (χ1n) is 30.2. The van der Waals surface area contributed by atoms with Crippen molar-refractivity contribution in [1.29, 1.82) is 0 Å². The van der Waals surface area contributed by atoms with Crippen molar-refractivity contribution in [3.8, 4) is 44.5 Å². The van der Waals surface area contributed by atoms with Gasteiger partial charge in [0.2, 0.25) is 0 Å². The predicted molar refractivity (Wildman–Crippen MR) is 364 cm³/mol. The summed E-state index contributed by atoms with van der Waals surface area (Å²) < 4.78 is 0. The molecule has 14 aromatic carbocycles. The van der Waals surface area contributed by atoms with Gasteiger partial charge in [0, 0.05) is 0 Å². The van der Waals surface area contributed by atoms with Crippen molar-refractivity contribution >= 4 is 70.1 Å². The molecule has 86 heavy (non-hydrogen) atoms. The van der Waals surface area contributed by atoms with Gasteiger partial charge < -0.3 is 24.8 Å². The Morgan fingerprint density at radius 1 is 0.326 bits per heavy atom. The van der Waals surface area contributed by atoms with E-state index in [2.05, 4.69) is 308 Å². The van der Waals surface area contributed by atoms with Crippen LogP contribution in [0, 0.1) is 13.8 Å². The number of hydrogen-bond donors (Lipinski definition) is 0. The molecule has 0 aromatic heterocycles. The zero-order valence-corrected chi connectivity index (χ0v) is 55.1. The molecule has 14 aromatic rings. The Labute approximate surface area is 536 Å². The Bertz CT molecular complexity index is 4350. The smallest absolute Gasteiger partial charge is 1.00 e. The standard InChI is InChI=1S/2C40H33.C2H6Si.2ClH.Zr/c2*1-3-28(29-13-5-4-6-14-29)26-38-27(2)25-39-36(34-21-11-17-30-15-7-9-19-32(30)34)23-24-37(40(38)39)35-22-12-18-31-16-8-10-20-33(31)35;1-3-2;;;/h2*4-25,28H,3,26H2,1-2H3;1-2H3;2*1H;/q2*-1;;;;+2/p-2. The van der Waals surface area contributed by atoms with Crippen LogP contribution in [0.4, 0.5) is 0 Å². The third-order valence-corrected chi connectivity index (χ3v) is 17.5. The number of rotatable bonds is 12. The van der Waals surface area contributed by atoms with E-state index in [-0.39, 0.29) is 30.2 Å². The molecule has 4 heteroatoms. The summed E-state index contributed by atoms with van der Waals surface area (Å²) >= 11 is 1.74. The normalized spacial score (nSPS) is 11.8. The average Bonchev–Trinajstić information content (AvgIpc) is 2.21. The molecule has 0 spiro atoms. The van der Waals surface area contributed by atoms with E-state index < -0.39 is 0 Å². The van der Waals surface area contributed by atoms with Crippen molar-refractivity contribution in [2.24, 2.45) is 0 Å². The molecule has 2 atom stereocenters. The van der Waals surface area contributed by atoms with Gasteiger partial charge in [0.15, 0.2) is 0 Å². The summed E-state index contributed by atoms with van der Waals surface area (Å²) in [5.74, 6) is 0.958. The van der Waals surface area contributed by atoms with Crippen LogP contribution in [0.5, 0.6) is 0 Å². The van der Waals surface area contributed by atoms with Gasteiger partial charge in [-0.3, -0.25) is 0 Å². The van der Waals surface area contributed by atoms with Crippen molar-refractivity contribution < 1.29 is 48.1 Å². The summed E-state index contributed by atoms with van der Waals surface area (Å²) in [5.41, 5.74) is 19.3. The Morgan fingerprint density at radius 3 is 0.884 bits per heavy atom. The van der Waals surface area contributed by atoms with Gasteiger partial charge in [-0.05, 0) is 90.0 Å². The van der Waals surface area contributed by atoms with Crippen molar-refractivity contribution in [3.63, 3.8) is 0 Å². The first-order valence-corrected chi connectivity index (χ1v) is 36.4. The van der Waals surface area contributed by atoms with E-state index in [0.717, 1.165) is 25.7 Å². The van der Waals surface area contributed by atoms with E-state index in [4.69, 9.17) is 0 Å². The topological polar surface area (TPSA) is 0 Å². The summed E-state index contributed by atoms with van der Waals surface area (Å²) in [5, 5.41) is 15.9. The summed E-state index contributed by atoms with van der Waals surface area (Å²) in [6.45, 7) is 13.9. The van der Waals surface area contributed by atoms with Crippen molar-refractivity contribution in [2.75, 3.05) is 0 Å². The molecule has 0 bridgehead atoms. The maximum Gasteiger partial charge on any atom is -1.00 e. The second kappa shape index (κ2) is 28.0. The van der Waals surface area contributed by atoms with Gasteiger partial charge in [-0.25, -0.2) is 0 Å². The van der Waals surface area contributed by atoms with Crippen molar-refractivity contribution in [3.05, 3.63) is 300 Å². The van der Waals surface area contributed by atoms with E-state index in [9.17, 15) is 0 Å². The summed E-state index contributed by atoms with van der Waals surface area (Å²) in [4.78, 5) is 0. The predicted octanol–water partition coefficient (Wildman–Crippen LogP) is 17.3. The first kappa shape index (κ1) is 61.7. The van der Waals surface area contributed by atoms with Crippen molar-refractivity contribution in [1.82, 2.24) is 0 Å². The molecule has 0 amide bonds. The number of hydrogen-bond acceptors (Lipinski definition) is 0. The van der Waals surface area contributed by atoms with E-state index in [1.165, 1.54) is 143 Å². The number of benzene rings is 12.